The second-order valence-electron chi connectivity index (χ2n) is 5.70. The quantitative estimate of drug-likeness (QED) is 0.849. The van der Waals surface area contributed by atoms with E-state index in [9.17, 15) is 0 Å². The van der Waals surface area contributed by atoms with Crippen LogP contribution in [0.15, 0.2) is 30.5 Å². The van der Waals surface area contributed by atoms with Gasteiger partial charge >= 0.3 is 0 Å². The summed E-state index contributed by atoms with van der Waals surface area (Å²) in [7, 11) is 1.98. The zero-order valence-corrected chi connectivity index (χ0v) is 12.8. The van der Waals surface area contributed by atoms with Crippen LogP contribution in [0.1, 0.15) is 31.7 Å². The van der Waals surface area contributed by atoms with E-state index in [-0.39, 0.29) is 0 Å². The molecule has 0 saturated heterocycles. The first-order chi connectivity index (χ1) is 10.3. The fraction of sp³-hybridized carbons (Fsp3) is 0.471. The lowest BCUT2D eigenvalue weighted by molar-refractivity contribution is 0.317. The molecule has 1 heterocycles. The van der Waals surface area contributed by atoms with E-state index in [1.807, 2.05) is 23.9 Å². The molecular weight excluding hydrogens is 262 g/mol. The lowest BCUT2D eigenvalue weighted by Crippen LogP contribution is -2.15. The fourth-order valence-electron chi connectivity index (χ4n) is 2.38. The zero-order chi connectivity index (χ0) is 14.7. The van der Waals surface area contributed by atoms with Gasteiger partial charge in [-0.2, -0.15) is 5.10 Å². The van der Waals surface area contributed by atoms with E-state index in [4.69, 9.17) is 4.74 Å². The predicted molar refractivity (Wildman–Crippen MR) is 84.3 cm³/mol. The Morgan fingerprint density at radius 3 is 2.71 bits per heavy atom. The molecule has 1 aliphatic rings. The standard InChI is InChI=1S/C17H23N3O/c1-3-10-21-16-8-4-13(5-9-16)17-14(12-20(2)19-17)11-18-15-6-7-15/h4-5,8-9,12,15,18H,3,6-7,10-11H2,1-2H3. The van der Waals surface area contributed by atoms with E-state index >= 15 is 0 Å². The lowest BCUT2D eigenvalue weighted by Gasteiger charge is -2.06. The molecule has 0 radical (unpaired) electrons. The monoisotopic (exact) mass is 285 g/mol. The molecule has 1 aliphatic carbocycles. The number of ether oxygens (including phenoxy) is 1. The van der Waals surface area contributed by atoms with Crippen LogP contribution in [0, 0.1) is 0 Å². The highest BCUT2D eigenvalue weighted by Crippen LogP contribution is 2.26. The van der Waals surface area contributed by atoms with Crippen molar-refractivity contribution < 1.29 is 4.74 Å². The van der Waals surface area contributed by atoms with Crippen molar-refractivity contribution in [3.63, 3.8) is 0 Å². The van der Waals surface area contributed by atoms with E-state index < -0.39 is 0 Å². The average Bonchev–Trinajstić information content (AvgIpc) is 3.26. The smallest absolute Gasteiger partial charge is 0.119 e. The molecule has 0 bridgehead atoms. The van der Waals surface area contributed by atoms with Crippen LogP contribution in [0.25, 0.3) is 11.3 Å². The van der Waals surface area contributed by atoms with Gasteiger partial charge in [-0.05, 0) is 43.5 Å². The summed E-state index contributed by atoms with van der Waals surface area (Å²) in [5.74, 6) is 0.925. The minimum atomic E-state index is 0.711. The number of aryl methyl sites for hydroxylation is 1. The van der Waals surface area contributed by atoms with Gasteiger partial charge in [-0.15, -0.1) is 0 Å². The SMILES string of the molecule is CCCOc1ccc(-c2nn(C)cc2CNC2CC2)cc1. The van der Waals surface area contributed by atoms with Gasteiger partial charge in [0.25, 0.3) is 0 Å². The highest BCUT2D eigenvalue weighted by atomic mass is 16.5. The average molecular weight is 285 g/mol. The number of hydrogen-bond donors (Lipinski definition) is 1. The number of benzene rings is 1. The molecule has 0 spiro atoms. The van der Waals surface area contributed by atoms with Gasteiger partial charge in [0.1, 0.15) is 5.75 Å². The van der Waals surface area contributed by atoms with Gasteiger partial charge in [0.15, 0.2) is 0 Å². The highest BCUT2D eigenvalue weighted by molar-refractivity contribution is 5.63. The largest absolute Gasteiger partial charge is 0.494 e. The molecule has 0 aliphatic heterocycles. The van der Waals surface area contributed by atoms with Crippen LogP contribution in [-0.4, -0.2) is 22.4 Å². The fourth-order valence-corrected chi connectivity index (χ4v) is 2.38. The summed E-state index contributed by atoms with van der Waals surface area (Å²) in [6.07, 6.45) is 5.74. The van der Waals surface area contributed by atoms with Crippen molar-refractivity contribution in [1.82, 2.24) is 15.1 Å². The molecule has 3 rings (SSSR count). The maximum Gasteiger partial charge on any atom is 0.119 e. The van der Waals surface area contributed by atoms with E-state index in [2.05, 4.69) is 35.7 Å². The van der Waals surface area contributed by atoms with Gasteiger partial charge in [0.05, 0.1) is 12.3 Å². The maximum absolute atomic E-state index is 5.63. The predicted octanol–water partition coefficient (Wildman–Crippen LogP) is 3.13. The Morgan fingerprint density at radius 1 is 1.29 bits per heavy atom. The van der Waals surface area contributed by atoms with Crippen molar-refractivity contribution in [2.45, 2.75) is 38.8 Å². The van der Waals surface area contributed by atoms with E-state index in [1.54, 1.807) is 0 Å². The Balaban J connectivity index is 1.75. The molecule has 4 nitrogen and oxygen atoms in total. The van der Waals surface area contributed by atoms with Crippen LogP contribution in [0.3, 0.4) is 0 Å². The molecule has 1 fully saturated rings. The van der Waals surface area contributed by atoms with Gasteiger partial charge in [-0.1, -0.05) is 6.92 Å². The van der Waals surface area contributed by atoms with Gasteiger partial charge < -0.3 is 10.1 Å². The van der Waals surface area contributed by atoms with Gasteiger partial charge in [0.2, 0.25) is 0 Å². The molecule has 0 atom stereocenters. The summed E-state index contributed by atoms with van der Waals surface area (Å²) in [6, 6.07) is 8.94. The minimum absolute atomic E-state index is 0.711. The van der Waals surface area contributed by atoms with E-state index in [0.717, 1.165) is 36.6 Å². The summed E-state index contributed by atoms with van der Waals surface area (Å²) in [5.41, 5.74) is 3.46. The number of hydrogen-bond acceptors (Lipinski definition) is 3. The number of rotatable bonds is 7. The second-order valence-corrected chi connectivity index (χ2v) is 5.70. The van der Waals surface area contributed by atoms with Crippen LogP contribution >= 0.6 is 0 Å². The zero-order valence-electron chi connectivity index (χ0n) is 12.8. The van der Waals surface area contributed by atoms with Crippen LogP contribution < -0.4 is 10.1 Å². The van der Waals surface area contributed by atoms with Crippen molar-refractivity contribution >= 4 is 0 Å². The summed E-state index contributed by atoms with van der Waals surface area (Å²) in [5, 5.41) is 8.16. The highest BCUT2D eigenvalue weighted by Gasteiger charge is 2.21. The van der Waals surface area contributed by atoms with Crippen LogP contribution in [0.2, 0.25) is 0 Å². The summed E-state index contributed by atoms with van der Waals surface area (Å²) in [6.45, 7) is 3.77. The normalized spacial score (nSPS) is 14.4. The van der Waals surface area contributed by atoms with Crippen LogP contribution in [0.4, 0.5) is 0 Å². The first-order valence-corrected chi connectivity index (χ1v) is 7.75. The Hall–Kier alpha value is -1.81. The molecule has 21 heavy (non-hydrogen) atoms. The second kappa shape index (κ2) is 6.31. The molecule has 1 saturated carbocycles. The molecule has 0 unspecified atom stereocenters. The third-order valence-corrected chi connectivity index (χ3v) is 3.66. The molecule has 1 aromatic heterocycles. The van der Waals surface area contributed by atoms with Crippen LogP contribution in [0.5, 0.6) is 5.75 Å². The Morgan fingerprint density at radius 2 is 2.05 bits per heavy atom. The topological polar surface area (TPSA) is 39.1 Å². The van der Waals surface area contributed by atoms with Crippen molar-refractivity contribution in [2.75, 3.05) is 6.61 Å². The molecule has 2 aromatic rings. The Kier molecular flexibility index (Phi) is 4.25. The molecule has 112 valence electrons. The van der Waals surface area contributed by atoms with Crippen LogP contribution in [-0.2, 0) is 13.6 Å². The minimum Gasteiger partial charge on any atom is -0.494 e. The van der Waals surface area contributed by atoms with Crippen molar-refractivity contribution in [2.24, 2.45) is 7.05 Å². The number of nitrogens with zero attached hydrogens (tertiary/aromatic N) is 2. The maximum atomic E-state index is 5.63. The third-order valence-electron chi connectivity index (χ3n) is 3.66. The number of aromatic nitrogens is 2. The van der Waals surface area contributed by atoms with Crippen molar-refractivity contribution in [3.8, 4) is 17.0 Å². The number of nitrogens with one attached hydrogen (secondary N) is 1. The van der Waals surface area contributed by atoms with E-state index in [1.165, 1.54) is 18.4 Å². The third kappa shape index (κ3) is 3.64. The van der Waals surface area contributed by atoms with Gasteiger partial charge in [-0.25, -0.2) is 0 Å². The van der Waals surface area contributed by atoms with Gasteiger partial charge in [0, 0.05) is 37.0 Å². The summed E-state index contributed by atoms with van der Waals surface area (Å²) >= 11 is 0. The molecule has 1 aromatic carbocycles. The molecule has 1 N–H and O–H groups in total. The van der Waals surface area contributed by atoms with Gasteiger partial charge in [-0.3, -0.25) is 4.68 Å². The first kappa shape index (κ1) is 14.1. The summed E-state index contributed by atoms with van der Waals surface area (Å²) in [4.78, 5) is 0. The molecule has 4 heteroatoms. The Bertz CT molecular complexity index is 585. The summed E-state index contributed by atoms with van der Waals surface area (Å²) < 4.78 is 7.52. The van der Waals surface area contributed by atoms with Crippen molar-refractivity contribution in [1.29, 1.82) is 0 Å². The molecule has 0 amide bonds. The van der Waals surface area contributed by atoms with E-state index in [0.29, 0.717) is 6.04 Å². The molecular formula is C17H23N3O. The Labute approximate surface area is 126 Å². The van der Waals surface area contributed by atoms with Crippen molar-refractivity contribution in [3.05, 3.63) is 36.0 Å². The first-order valence-electron chi connectivity index (χ1n) is 7.75. The lowest BCUT2D eigenvalue weighted by atomic mass is 10.1.